The maximum atomic E-state index is 12.2. The Morgan fingerprint density at radius 3 is 2.50 bits per heavy atom. The lowest BCUT2D eigenvalue weighted by atomic mass is 10.2. The molecule has 0 saturated carbocycles. The number of carbonyl (C=O) groups excluding carboxylic acids is 1. The first kappa shape index (κ1) is 14.6. The number of aryl methyl sites for hydroxylation is 1. The van der Waals surface area contributed by atoms with Gasteiger partial charge < -0.3 is 10.2 Å². The van der Waals surface area contributed by atoms with Gasteiger partial charge in [-0.2, -0.15) is 0 Å². The number of hydrogen-bond donors (Lipinski definition) is 1. The molecule has 0 spiro atoms. The van der Waals surface area contributed by atoms with Crippen LogP contribution in [0.2, 0.25) is 0 Å². The Labute approximate surface area is 127 Å². The number of rotatable bonds is 3. The number of halogens is 1. The molecular formula is C16H17BrN2O. The van der Waals surface area contributed by atoms with Gasteiger partial charge in [0.1, 0.15) is 0 Å². The Morgan fingerprint density at radius 2 is 1.80 bits per heavy atom. The van der Waals surface area contributed by atoms with Crippen molar-refractivity contribution >= 4 is 27.6 Å². The van der Waals surface area contributed by atoms with E-state index in [1.54, 1.807) is 11.9 Å². The van der Waals surface area contributed by atoms with E-state index in [1.807, 2.05) is 55.5 Å². The molecule has 0 aliphatic heterocycles. The van der Waals surface area contributed by atoms with Crippen LogP contribution in [0.1, 0.15) is 11.1 Å². The van der Waals surface area contributed by atoms with Crippen molar-refractivity contribution in [3.8, 4) is 0 Å². The number of nitrogens with one attached hydrogen (secondary N) is 1. The first-order valence-corrected chi connectivity index (χ1v) is 7.18. The quantitative estimate of drug-likeness (QED) is 0.886. The average molecular weight is 333 g/mol. The molecule has 2 aromatic carbocycles. The highest BCUT2D eigenvalue weighted by Gasteiger charge is 2.11. The van der Waals surface area contributed by atoms with Gasteiger partial charge in [0.15, 0.2) is 0 Å². The second kappa shape index (κ2) is 6.57. The van der Waals surface area contributed by atoms with E-state index in [9.17, 15) is 4.79 Å². The predicted octanol–water partition coefficient (Wildman–Crippen LogP) is 4.42. The Balaban J connectivity index is 2.03. The monoisotopic (exact) mass is 332 g/mol. The molecule has 2 aromatic rings. The zero-order chi connectivity index (χ0) is 14.5. The molecule has 0 heterocycles. The fourth-order valence-corrected chi connectivity index (χ4v) is 2.29. The van der Waals surface area contributed by atoms with E-state index >= 15 is 0 Å². The molecule has 1 N–H and O–H groups in total. The van der Waals surface area contributed by atoms with Crippen LogP contribution in [0.15, 0.2) is 53.0 Å². The van der Waals surface area contributed by atoms with Crippen LogP contribution in [0.25, 0.3) is 0 Å². The van der Waals surface area contributed by atoms with Crippen molar-refractivity contribution in [2.45, 2.75) is 13.5 Å². The molecule has 0 aromatic heterocycles. The Kier molecular flexibility index (Phi) is 4.79. The lowest BCUT2D eigenvalue weighted by Crippen LogP contribution is -2.31. The minimum atomic E-state index is -0.116. The van der Waals surface area contributed by atoms with E-state index in [0.717, 1.165) is 21.3 Å². The first-order chi connectivity index (χ1) is 9.58. The number of carbonyl (C=O) groups is 1. The molecule has 0 atom stereocenters. The van der Waals surface area contributed by atoms with Gasteiger partial charge in [0.2, 0.25) is 0 Å². The van der Waals surface area contributed by atoms with Gasteiger partial charge >= 0.3 is 6.03 Å². The molecule has 4 heteroatoms. The van der Waals surface area contributed by atoms with Crippen molar-refractivity contribution in [3.63, 3.8) is 0 Å². The maximum Gasteiger partial charge on any atom is 0.321 e. The molecule has 2 rings (SSSR count). The van der Waals surface area contributed by atoms with E-state index in [0.29, 0.717) is 6.54 Å². The normalized spacial score (nSPS) is 10.2. The van der Waals surface area contributed by atoms with Gasteiger partial charge in [-0.25, -0.2) is 4.79 Å². The largest absolute Gasteiger partial charge is 0.323 e. The Morgan fingerprint density at radius 1 is 1.15 bits per heavy atom. The summed E-state index contributed by atoms with van der Waals surface area (Å²) in [5, 5.41) is 2.92. The van der Waals surface area contributed by atoms with Crippen molar-refractivity contribution in [2.24, 2.45) is 0 Å². The Bertz CT molecular complexity index is 613. The lowest BCUT2D eigenvalue weighted by molar-refractivity contribution is 0.220. The third kappa shape index (κ3) is 3.61. The molecule has 0 bridgehead atoms. The summed E-state index contributed by atoms with van der Waals surface area (Å²) in [7, 11) is 1.78. The van der Waals surface area contributed by atoms with Gasteiger partial charge in [-0.05, 0) is 30.2 Å². The molecule has 0 aliphatic rings. The average Bonchev–Trinajstić information content (AvgIpc) is 2.43. The first-order valence-electron chi connectivity index (χ1n) is 6.39. The summed E-state index contributed by atoms with van der Waals surface area (Å²) in [6.45, 7) is 2.53. The fourth-order valence-electron chi connectivity index (χ4n) is 1.88. The molecular weight excluding hydrogens is 316 g/mol. The molecule has 20 heavy (non-hydrogen) atoms. The van der Waals surface area contributed by atoms with Crippen LogP contribution in [0.3, 0.4) is 0 Å². The standard InChI is InChI=1S/C16H17BrN2O/c1-12-7-3-6-10-15(12)18-16(20)19(2)11-13-8-4-5-9-14(13)17/h3-10H,11H2,1-2H3,(H,18,20). The highest BCUT2D eigenvalue weighted by Crippen LogP contribution is 2.18. The van der Waals surface area contributed by atoms with Crippen LogP contribution >= 0.6 is 15.9 Å². The van der Waals surface area contributed by atoms with Crippen LogP contribution < -0.4 is 5.32 Å². The van der Waals surface area contributed by atoms with Gasteiger partial charge in [-0.15, -0.1) is 0 Å². The fraction of sp³-hybridized carbons (Fsp3) is 0.188. The second-order valence-electron chi connectivity index (χ2n) is 4.69. The van der Waals surface area contributed by atoms with Gasteiger partial charge in [-0.1, -0.05) is 52.3 Å². The topological polar surface area (TPSA) is 32.3 Å². The van der Waals surface area contributed by atoms with Crippen molar-refractivity contribution in [2.75, 3.05) is 12.4 Å². The van der Waals surface area contributed by atoms with Crippen LogP contribution in [0, 0.1) is 6.92 Å². The third-order valence-corrected chi connectivity index (χ3v) is 3.87. The number of urea groups is 1. The summed E-state index contributed by atoms with van der Waals surface area (Å²) < 4.78 is 1.01. The van der Waals surface area contributed by atoms with Gasteiger partial charge in [0.25, 0.3) is 0 Å². The lowest BCUT2D eigenvalue weighted by Gasteiger charge is -2.19. The Hall–Kier alpha value is -1.81. The minimum Gasteiger partial charge on any atom is -0.323 e. The summed E-state index contributed by atoms with van der Waals surface area (Å²) in [5.74, 6) is 0. The zero-order valence-corrected chi connectivity index (χ0v) is 13.1. The van der Waals surface area contributed by atoms with E-state index in [-0.39, 0.29) is 6.03 Å². The molecule has 0 fully saturated rings. The van der Waals surface area contributed by atoms with Gasteiger partial charge in [0, 0.05) is 23.8 Å². The van der Waals surface area contributed by atoms with E-state index in [2.05, 4.69) is 21.2 Å². The van der Waals surface area contributed by atoms with E-state index in [4.69, 9.17) is 0 Å². The molecule has 0 radical (unpaired) electrons. The predicted molar refractivity (Wildman–Crippen MR) is 85.8 cm³/mol. The summed E-state index contributed by atoms with van der Waals surface area (Å²) in [5.41, 5.74) is 2.97. The third-order valence-electron chi connectivity index (χ3n) is 3.10. The molecule has 3 nitrogen and oxygen atoms in total. The number of amides is 2. The van der Waals surface area contributed by atoms with Gasteiger partial charge in [0.05, 0.1) is 0 Å². The maximum absolute atomic E-state index is 12.2. The van der Waals surface area contributed by atoms with Crippen molar-refractivity contribution in [3.05, 3.63) is 64.1 Å². The van der Waals surface area contributed by atoms with Crippen molar-refractivity contribution in [1.29, 1.82) is 0 Å². The second-order valence-corrected chi connectivity index (χ2v) is 5.55. The summed E-state index contributed by atoms with van der Waals surface area (Å²) in [4.78, 5) is 13.8. The summed E-state index contributed by atoms with van der Waals surface area (Å²) in [6, 6.07) is 15.5. The molecule has 0 unspecified atom stereocenters. The van der Waals surface area contributed by atoms with Crippen molar-refractivity contribution < 1.29 is 4.79 Å². The van der Waals surface area contributed by atoms with E-state index < -0.39 is 0 Å². The highest BCUT2D eigenvalue weighted by molar-refractivity contribution is 9.10. The number of anilines is 1. The van der Waals surface area contributed by atoms with Gasteiger partial charge in [-0.3, -0.25) is 0 Å². The van der Waals surface area contributed by atoms with Crippen LogP contribution in [-0.4, -0.2) is 18.0 Å². The number of hydrogen-bond acceptors (Lipinski definition) is 1. The number of nitrogens with zero attached hydrogens (tertiary/aromatic N) is 1. The smallest absolute Gasteiger partial charge is 0.321 e. The van der Waals surface area contributed by atoms with E-state index in [1.165, 1.54) is 0 Å². The number of benzene rings is 2. The highest BCUT2D eigenvalue weighted by atomic mass is 79.9. The molecule has 104 valence electrons. The number of para-hydroxylation sites is 1. The minimum absolute atomic E-state index is 0.116. The molecule has 0 saturated heterocycles. The van der Waals surface area contributed by atoms with Crippen molar-refractivity contribution in [1.82, 2.24) is 4.90 Å². The molecule has 2 amide bonds. The molecule has 0 aliphatic carbocycles. The SMILES string of the molecule is Cc1ccccc1NC(=O)N(C)Cc1ccccc1Br. The zero-order valence-electron chi connectivity index (χ0n) is 11.6. The van der Waals surface area contributed by atoms with Crippen LogP contribution in [0.4, 0.5) is 10.5 Å². The summed E-state index contributed by atoms with van der Waals surface area (Å²) in [6.07, 6.45) is 0. The summed E-state index contributed by atoms with van der Waals surface area (Å²) >= 11 is 3.49. The van der Waals surface area contributed by atoms with Crippen LogP contribution in [-0.2, 0) is 6.54 Å². The van der Waals surface area contributed by atoms with Crippen LogP contribution in [0.5, 0.6) is 0 Å².